The Morgan fingerprint density at radius 2 is 1.80 bits per heavy atom. The van der Waals surface area contributed by atoms with Crippen LogP contribution in [0.15, 0.2) is 53.4 Å². The number of benzene rings is 2. The minimum atomic E-state index is -3.72. The Morgan fingerprint density at radius 1 is 1.10 bits per heavy atom. The smallest absolute Gasteiger partial charge is 0.243 e. The predicted octanol–water partition coefficient (Wildman–Crippen LogP) is 4.32. The summed E-state index contributed by atoms with van der Waals surface area (Å²) < 4.78 is 27.9. The molecule has 2 aromatic rings. The average Bonchev–Trinajstić information content (AvgIpc) is 2.73. The number of sulfonamides is 1. The van der Waals surface area contributed by atoms with Gasteiger partial charge >= 0.3 is 0 Å². The minimum Gasteiger partial charge on any atom is -0.334 e. The van der Waals surface area contributed by atoms with Crippen LogP contribution >= 0.6 is 0 Å². The molecule has 162 valence electrons. The number of nitrogens with zero attached hydrogens (tertiary/aromatic N) is 2. The second-order valence-corrected chi connectivity index (χ2v) is 10.0. The summed E-state index contributed by atoms with van der Waals surface area (Å²) in [7, 11) is -3.72. The second kappa shape index (κ2) is 9.75. The maximum atomic E-state index is 13.3. The van der Waals surface area contributed by atoms with Crippen molar-refractivity contribution in [1.82, 2.24) is 9.21 Å². The Morgan fingerprint density at radius 3 is 2.50 bits per heavy atom. The number of unbranched alkanes of at least 4 members (excludes halogenated alkanes) is 2. The van der Waals surface area contributed by atoms with E-state index in [2.05, 4.69) is 19.1 Å². The van der Waals surface area contributed by atoms with Crippen molar-refractivity contribution in [2.45, 2.75) is 57.4 Å². The standard InChI is InChI=1S/C24H32N2O3S/c1-4-5-8-16-25(30(28,29)22-13-11-19(2)12-14-22)18-24(27)26-17-15-21-9-6-7-10-23(21)20(26)3/h6-7,9-14,20H,4-5,8,15-18H2,1-3H3. The Hall–Kier alpha value is -2.18. The fraction of sp³-hybridized carbons (Fsp3) is 0.458. The first-order chi connectivity index (χ1) is 14.3. The van der Waals surface area contributed by atoms with Gasteiger partial charge < -0.3 is 4.90 Å². The van der Waals surface area contributed by atoms with E-state index in [4.69, 9.17) is 0 Å². The molecule has 1 atom stereocenters. The SMILES string of the molecule is CCCCCN(CC(=O)N1CCc2ccccc2C1C)S(=O)(=O)c1ccc(C)cc1. The Kier molecular flexibility index (Phi) is 7.32. The molecular weight excluding hydrogens is 396 g/mol. The third-order valence-corrected chi connectivity index (χ3v) is 7.76. The largest absolute Gasteiger partial charge is 0.334 e. The third kappa shape index (κ3) is 4.93. The summed E-state index contributed by atoms with van der Waals surface area (Å²) in [5.41, 5.74) is 3.42. The number of aryl methyl sites for hydroxylation is 1. The summed E-state index contributed by atoms with van der Waals surface area (Å²) in [4.78, 5) is 15.3. The van der Waals surface area contributed by atoms with Crippen LogP contribution in [0.25, 0.3) is 0 Å². The molecule has 1 unspecified atom stereocenters. The maximum Gasteiger partial charge on any atom is 0.243 e. The van der Waals surface area contributed by atoms with Gasteiger partial charge in [-0.15, -0.1) is 0 Å². The van der Waals surface area contributed by atoms with E-state index >= 15 is 0 Å². The van der Waals surface area contributed by atoms with Crippen LogP contribution in [0.3, 0.4) is 0 Å². The zero-order chi connectivity index (χ0) is 21.7. The Balaban J connectivity index is 1.81. The van der Waals surface area contributed by atoms with Gasteiger partial charge in [-0.2, -0.15) is 4.31 Å². The molecule has 1 amide bonds. The topological polar surface area (TPSA) is 57.7 Å². The van der Waals surface area contributed by atoms with Crippen molar-refractivity contribution in [3.63, 3.8) is 0 Å². The molecule has 1 aliphatic rings. The van der Waals surface area contributed by atoms with Crippen molar-refractivity contribution in [1.29, 1.82) is 0 Å². The molecule has 0 N–H and O–H groups in total. The van der Waals surface area contributed by atoms with Crippen LogP contribution in [0.1, 0.15) is 55.8 Å². The lowest BCUT2D eigenvalue weighted by molar-refractivity contribution is -0.134. The number of fused-ring (bicyclic) bond motifs is 1. The summed E-state index contributed by atoms with van der Waals surface area (Å²) in [6, 6.07) is 15.0. The molecule has 0 aromatic heterocycles. The second-order valence-electron chi connectivity index (χ2n) is 8.07. The van der Waals surface area contributed by atoms with Gasteiger partial charge in [0.15, 0.2) is 0 Å². The molecule has 30 heavy (non-hydrogen) atoms. The van der Waals surface area contributed by atoms with Crippen molar-refractivity contribution in [3.8, 4) is 0 Å². The van der Waals surface area contributed by atoms with E-state index in [-0.39, 0.29) is 23.4 Å². The van der Waals surface area contributed by atoms with Crippen LogP contribution in [0.5, 0.6) is 0 Å². The number of amides is 1. The summed E-state index contributed by atoms with van der Waals surface area (Å²) in [5.74, 6) is -0.135. The van der Waals surface area contributed by atoms with Gasteiger partial charge in [0.05, 0.1) is 17.5 Å². The number of carbonyl (C=O) groups excluding carboxylic acids is 1. The van der Waals surface area contributed by atoms with Crippen molar-refractivity contribution in [2.75, 3.05) is 19.6 Å². The molecule has 2 aromatic carbocycles. The van der Waals surface area contributed by atoms with Gasteiger partial charge in [-0.25, -0.2) is 8.42 Å². The number of carbonyl (C=O) groups is 1. The molecule has 6 heteroatoms. The van der Waals surface area contributed by atoms with Gasteiger partial charge in [-0.05, 0) is 49.9 Å². The van der Waals surface area contributed by atoms with Gasteiger partial charge in [0.1, 0.15) is 0 Å². The van der Waals surface area contributed by atoms with E-state index in [1.165, 1.54) is 9.87 Å². The number of hydrogen-bond donors (Lipinski definition) is 0. The first-order valence-electron chi connectivity index (χ1n) is 10.8. The molecule has 0 spiro atoms. The van der Waals surface area contributed by atoms with Crippen LogP contribution in [-0.2, 0) is 21.2 Å². The monoisotopic (exact) mass is 428 g/mol. The Bertz CT molecular complexity index is 970. The summed E-state index contributed by atoms with van der Waals surface area (Å²) in [5, 5.41) is 0. The molecule has 0 saturated carbocycles. The fourth-order valence-electron chi connectivity index (χ4n) is 4.04. The molecule has 0 radical (unpaired) electrons. The first kappa shape index (κ1) is 22.5. The van der Waals surface area contributed by atoms with Crippen molar-refractivity contribution in [2.24, 2.45) is 0 Å². The molecule has 5 nitrogen and oxygen atoms in total. The normalized spacial score (nSPS) is 16.5. The van der Waals surface area contributed by atoms with Crippen LogP contribution in [0, 0.1) is 6.92 Å². The van der Waals surface area contributed by atoms with Gasteiger partial charge in [-0.1, -0.05) is 61.7 Å². The van der Waals surface area contributed by atoms with Crippen LogP contribution in [-0.4, -0.2) is 43.2 Å². The summed E-state index contributed by atoms with van der Waals surface area (Å²) >= 11 is 0. The Labute approximate surface area is 180 Å². The number of rotatable bonds is 8. The van der Waals surface area contributed by atoms with Gasteiger partial charge in [0.25, 0.3) is 0 Å². The molecule has 0 bridgehead atoms. The van der Waals surface area contributed by atoms with E-state index < -0.39 is 10.0 Å². The zero-order valence-electron chi connectivity index (χ0n) is 18.2. The molecule has 0 fully saturated rings. The molecule has 3 rings (SSSR count). The van der Waals surface area contributed by atoms with Crippen LogP contribution < -0.4 is 0 Å². The molecule has 1 aliphatic heterocycles. The van der Waals surface area contributed by atoms with Gasteiger partial charge in [-0.3, -0.25) is 4.79 Å². The zero-order valence-corrected chi connectivity index (χ0v) is 19.0. The van der Waals surface area contributed by atoms with E-state index in [0.717, 1.165) is 36.8 Å². The molecule has 1 heterocycles. The van der Waals surface area contributed by atoms with Crippen LogP contribution in [0.2, 0.25) is 0 Å². The number of hydrogen-bond acceptors (Lipinski definition) is 3. The van der Waals surface area contributed by atoms with E-state index in [9.17, 15) is 13.2 Å². The van der Waals surface area contributed by atoms with Crippen molar-refractivity contribution >= 4 is 15.9 Å². The van der Waals surface area contributed by atoms with E-state index in [1.807, 2.05) is 30.9 Å². The average molecular weight is 429 g/mol. The van der Waals surface area contributed by atoms with Crippen molar-refractivity contribution < 1.29 is 13.2 Å². The lowest BCUT2D eigenvalue weighted by Crippen LogP contribution is -2.46. The highest BCUT2D eigenvalue weighted by atomic mass is 32.2. The molecule has 0 saturated heterocycles. The highest BCUT2D eigenvalue weighted by Crippen LogP contribution is 2.29. The highest BCUT2D eigenvalue weighted by Gasteiger charge is 2.32. The maximum absolute atomic E-state index is 13.3. The predicted molar refractivity (Wildman–Crippen MR) is 120 cm³/mol. The highest BCUT2D eigenvalue weighted by molar-refractivity contribution is 7.89. The van der Waals surface area contributed by atoms with Gasteiger partial charge in [0, 0.05) is 13.1 Å². The lowest BCUT2D eigenvalue weighted by atomic mass is 9.93. The van der Waals surface area contributed by atoms with Crippen LogP contribution in [0.4, 0.5) is 0 Å². The first-order valence-corrected chi connectivity index (χ1v) is 12.2. The quantitative estimate of drug-likeness (QED) is 0.588. The molecular formula is C24H32N2O3S. The van der Waals surface area contributed by atoms with E-state index in [1.54, 1.807) is 24.3 Å². The summed E-state index contributed by atoms with van der Waals surface area (Å²) in [6.45, 7) is 6.88. The molecule has 0 aliphatic carbocycles. The third-order valence-electron chi connectivity index (χ3n) is 5.90. The fourth-order valence-corrected chi connectivity index (χ4v) is 5.46. The summed E-state index contributed by atoms with van der Waals surface area (Å²) in [6.07, 6.45) is 3.47. The van der Waals surface area contributed by atoms with Gasteiger partial charge in [0.2, 0.25) is 15.9 Å². The van der Waals surface area contributed by atoms with Crippen molar-refractivity contribution in [3.05, 3.63) is 65.2 Å². The van der Waals surface area contributed by atoms with E-state index in [0.29, 0.717) is 13.1 Å². The lowest BCUT2D eigenvalue weighted by Gasteiger charge is -2.36. The minimum absolute atomic E-state index is 0.0537.